The highest BCUT2D eigenvalue weighted by Gasteiger charge is 2.55. The quantitative estimate of drug-likeness (QED) is 0.0968. The van der Waals surface area contributed by atoms with E-state index in [-0.39, 0.29) is 111 Å². The van der Waals surface area contributed by atoms with Crippen LogP contribution in [0.4, 0.5) is 0 Å². The third kappa shape index (κ3) is 8.86. The van der Waals surface area contributed by atoms with Gasteiger partial charge in [-0.15, -0.1) is 11.8 Å². The van der Waals surface area contributed by atoms with Crippen molar-refractivity contribution in [1.82, 2.24) is 14.7 Å². The molecule has 0 radical (unpaired) electrons. The molecule has 4 amide bonds. The van der Waals surface area contributed by atoms with Crippen LogP contribution in [0.5, 0.6) is 17.2 Å². The Balaban J connectivity index is 0.894. The van der Waals surface area contributed by atoms with Gasteiger partial charge in [0.1, 0.15) is 29.0 Å². The van der Waals surface area contributed by atoms with Crippen LogP contribution in [0, 0.1) is 5.92 Å². The first-order valence-corrected chi connectivity index (χ1v) is 24.1. The molecule has 0 spiro atoms. The number of phenols is 2. The molecule has 10 atom stereocenters. The number of thioether (sulfide) groups is 1. The first kappa shape index (κ1) is 49.1. The van der Waals surface area contributed by atoms with Crippen LogP contribution in [0.15, 0.2) is 18.2 Å². The Labute approximate surface area is 400 Å². The number of carbonyl (C=O) groups is 7. The van der Waals surface area contributed by atoms with E-state index >= 15 is 0 Å². The van der Waals surface area contributed by atoms with Crippen molar-refractivity contribution >= 4 is 52.7 Å². The molecular weight excluding hydrogens is 927 g/mol. The van der Waals surface area contributed by atoms with Gasteiger partial charge in [-0.25, -0.2) is 0 Å². The molecule has 2 unspecified atom stereocenters. The molecule has 7 aliphatic rings. The molecule has 3 N–H and O–H groups in total. The van der Waals surface area contributed by atoms with Gasteiger partial charge in [-0.2, -0.15) is 0 Å². The second-order valence-corrected chi connectivity index (χ2v) is 19.4. The van der Waals surface area contributed by atoms with Crippen molar-refractivity contribution in [1.29, 1.82) is 0 Å². The number of imide groups is 2. The van der Waals surface area contributed by atoms with E-state index in [1.165, 1.54) is 37.3 Å². The van der Waals surface area contributed by atoms with Gasteiger partial charge in [-0.05, 0) is 13.0 Å². The second kappa shape index (κ2) is 19.7. The largest absolute Gasteiger partial charge is 0.507 e. The second-order valence-electron chi connectivity index (χ2n) is 18.2. The summed E-state index contributed by atoms with van der Waals surface area (Å²) in [5.74, 6) is -5.93. The molecule has 2 aromatic carbocycles. The lowest BCUT2D eigenvalue weighted by Gasteiger charge is -2.43. The van der Waals surface area contributed by atoms with Crippen LogP contribution in [0.2, 0.25) is 0 Å². The molecule has 21 nitrogen and oxygen atoms in total. The van der Waals surface area contributed by atoms with Crippen LogP contribution in [-0.2, 0) is 63.6 Å². The highest BCUT2D eigenvalue weighted by molar-refractivity contribution is 8.01. The van der Waals surface area contributed by atoms with Crippen molar-refractivity contribution in [2.45, 2.75) is 100.0 Å². The van der Waals surface area contributed by atoms with Gasteiger partial charge >= 0.3 is 0 Å². The summed E-state index contributed by atoms with van der Waals surface area (Å²) in [6.07, 6.45) is -5.42. The number of benzene rings is 2. The summed E-state index contributed by atoms with van der Waals surface area (Å²) in [7, 11) is 2.85. The zero-order valence-electron chi connectivity index (χ0n) is 38.5. The highest BCUT2D eigenvalue weighted by atomic mass is 32.2. The Morgan fingerprint density at radius 3 is 2.25 bits per heavy atom. The first-order chi connectivity index (χ1) is 33.1. The number of phenolic OH excluding ortho intramolecular Hbond substituents is 2. The van der Waals surface area contributed by atoms with Gasteiger partial charge in [0.2, 0.25) is 29.4 Å². The number of fused-ring (bicyclic) bond motifs is 6. The Kier molecular flexibility index (Phi) is 14.0. The molecule has 2 aliphatic carbocycles. The molecule has 0 bridgehead atoms. The van der Waals surface area contributed by atoms with E-state index in [1.54, 1.807) is 6.92 Å². The lowest BCUT2D eigenvalue weighted by molar-refractivity contribution is -0.256. The number of amides is 4. The Bertz CT molecular complexity index is 2450. The monoisotopic (exact) mass is 981 g/mol. The summed E-state index contributed by atoms with van der Waals surface area (Å²) >= 11 is 0.869. The van der Waals surface area contributed by atoms with E-state index in [4.69, 9.17) is 37.9 Å². The molecule has 5 heterocycles. The molecule has 5 saturated heterocycles. The molecule has 5 aliphatic heterocycles. The summed E-state index contributed by atoms with van der Waals surface area (Å²) in [6, 6.07) is 4.14. The minimum absolute atomic E-state index is 0.00417. The van der Waals surface area contributed by atoms with E-state index in [9.17, 15) is 48.9 Å². The number of methoxy groups -OCH3 is 2. The van der Waals surface area contributed by atoms with E-state index in [0.717, 1.165) is 16.7 Å². The third-order valence-corrected chi connectivity index (χ3v) is 15.3. The number of aliphatic hydroxyl groups is 1. The van der Waals surface area contributed by atoms with Crippen molar-refractivity contribution in [2.75, 3.05) is 72.6 Å². The number of likely N-dealkylation sites (tertiary alicyclic amines) is 2. The SMILES string of the molecule is COc1cccc2c1C(=O)c1c(O)c3c(c(O)c1C2=O)C[C@@](O)(C(=O)CSC1CC(=O)N(CCOCCOCCN2C(=O)CC(C)C2=O)C1=O)C[C@@H]3O[C@H]1C[C@H]2[C@H](O[C@@H]3[C@@H](OC)OCCN32)[C@H](C)O1. The maximum absolute atomic E-state index is 14.3. The fourth-order valence-electron chi connectivity index (χ4n) is 10.6. The van der Waals surface area contributed by atoms with Crippen molar-refractivity contribution < 1.29 is 86.8 Å². The predicted octanol–water partition coefficient (Wildman–Crippen LogP) is 1.01. The number of hydrogen-bond acceptors (Lipinski definition) is 20. The zero-order chi connectivity index (χ0) is 49.1. The van der Waals surface area contributed by atoms with Crippen LogP contribution in [0.1, 0.15) is 88.6 Å². The summed E-state index contributed by atoms with van der Waals surface area (Å²) < 4.78 is 47.0. The molecule has 0 aromatic heterocycles. The van der Waals surface area contributed by atoms with E-state index in [1.807, 2.05) is 6.92 Å². The van der Waals surface area contributed by atoms with Gasteiger partial charge in [0.15, 0.2) is 30.4 Å². The van der Waals surface area contributed by atoms with Crippen molar-refractivity contribution in [3.05, 3.63) is 51.6 Å². The Morgan fingerprint density at radius 1 is 0.870 bits per heavy atom. The maximum Gasteiger partial charge on any atom is 0.242 e. The summed E-state index contributed by atoms with van der Waals surface area (Å²) in [4.78, 5) is 97.5. The van der Waals surface area contributed by atoms with Gasteiger partial charge in [0, 0.05) is 74.4 Å². The third-order valence-electron chi connectivity index (χ3n) is 14.1. The van der Waals surface area contributed by atoms with E-state index < -0.39 is 118 Å². The fourth-order valence-corrected chi connectivity index (χ4v) is 11.7. The predicted molar refractivity (Wildman–Crippen MR) is 236 cm³/mol. The molecule has 0 saturated carbocycles. The Hall–Kier alpha value is -4.88. The molecule has 9 rings (SSSR count). The summed E-state index contributed by atoms with van der Waals surface area (Å²) in [6.45, 7) is 4.91. The number of carbonyl (C=O) groups excluding carboxylic acids is 7. The average molecular weight is 982 g/mol. The standard InChI is InChI=1S/C47H55N3O18S/c1-22-16-31(52)49(43(22)58)8-11-63-14-15-64-12-9-50-32(53)18-29(44(50)59)69-21-30(51)47(60)19-25-35(41(57)37-36(39(25)55)38(54)24-6-5-7-27(61-3)34(24)40(37)56)28(20-47)67-33-17-26-42(23(2)66-33)68-45-46(62-4)65-13-10-48(26)45/h5-7,22-23,26,28-29,33,42,45-46,55,57,60H,8-21H2,1-4H3/t22?,23-,26-,28-,29?,33-,42+,45+,46-,47-/m0/s1. The number of ether oxygens (including phenoxy) is 8. The molecule has 2 aromatic rings. The topological polar surface area (TPSA) is 264 Å². The van der Waals surface area contributed by atoms with Crippen LogP contribution in [0.25, 0.3) is 0 Å². The number of aromatic hydroxyl groups is 2. The molecule has 69 heavy (non-hydrogen) atoms. The molecular formula is C47H55N3O18S. The van der Waals surface area contributed by atoms with Crippen molar-refractivity contribution in [3.8, 4) is 17.2 Å². The zero-order valence-corrected chi connectivity index (χ0v) is 39.4. The minimum atomic E-state index is -2.31. The van der Waals surface area contributed by atoms with Crippen LogP contribution in [-0.4, -0.2) is 192 Å². The number of ketones is 3. The molecule has 372 valence electrons. The van der Waals surface area contributed by atoms with Crippen LogP contribution in [0.3, 0.4) is 0 Å². The molecule has 5 fully saturated rings. The van der Waals surface area contributed by atoms with E-state index in [2.05, 4.69) is 4.90 Å². The first-order valence-electron chi connectivity index (χ1n) is 23.0. The highest BCUT2D eigenvalue weighted by Crippen LogP contribution is 2.53. The number of morpholine rings is 1. The maximum atomic E-state index is 14.3. The lowest BCUT2D eigenvalue weighted by atomic mass is 9.72. The lowest BCUT2D eigenvalue weighted by Crippen LogP contribution is -2.55. The fraction of sp³-hybridized carbons (Fsp3) is 0.596. The molecule has 22 heteroatoms. The van der Waals surface area contributed by atoms with Gasteiger partial charge < -0.3 is 53.2 Å². The van der Waals surface area contributed by atoms with Crippen LogP contribution < -0.4 is 4.74 Å². The van der Waals surface area contributed by atoms with Crippen LogP contribution >= 0.6 is 11.8 Å². The summed E-state index contributed by atoms with van der Waals surface area (Å²) in [5.41, 5.74) is -3.78. The number of nitrogens with zero attached hydrogens (tertiary/aromatic N) is 3. The number of Topliss-reactive ketones (excluding diaryl/α,β-unsaturated/α-hetero) is 1. The van der Waals surface area contributed by atoms with E-state index in [0.29, 0.717) is 13.2 Å². The van der Waals surface area contributed by atoms with Gasteiger partial charge in [-0.1, -0.05) is 19.1 Å². The normalized spacial score (nSPS) is 30.9. The van der Waals surface area contributed by atoms with Gasteiger partial charge in [-0.3, -0.25) is 48.3 Å². The number of hydrogen-bond donors (Lipinski definition) is 3. The van der Waals surface area contributed by atoms with Gasteiger partial charge in [0.25, 0.3) is 0 Å². The Morgan fingerprint density at radius 2 is 1.57 bits per heavy atom. The number of rotatable bonds is 17. The van der Waals surface area contributed by atoms with Crippen molar-refractivity contribution in [2.24, 2.45) is 5.92 Å². The average Bonchev–Trinajstić information content (AvgIpc) is 3.93. The smallest absolute Gasteiger partial charge is 0.242 e. The van der Waals surface area contributed by atoms with Gasteiger partial charge in [0.05, 0.1) is 93.1 Å². The van der Waals surface area contributed by atoms with Crippen molar-refractivity contribution in [3.63, 3.8) is 0 Å². The minimum Gasteiger partial charge on any atom is -0.507 e. The summed E-state index contributed by atoms with van der Waals surface area (Å²) in [5, 5.41) is 35.6.